The van der Waals surface area contributed by atoms with Crippen LogP contribution in [-0.2, 0) is 4.79 Å². The summed E-state index contributed by atoms with van der Waals surface area (Å²) in [7, 11) is 1.81. The zero-order valence-corrected chi connectivity index (χ0v) is 18.7. The maximum Gasteiger partial charge on any atom is 0.254 e. The first-order chi connectivity index (χ1) is 15.6. The maximum atomic E-state index is 13.5. The van der Waals surface area contributed by atoms with Gasteiger partial charge >= 0.3 is 0 Å². The third-order valence-electron chi connectivity index (χ3n) is 6.01. The number of nitrogens with one attached hydrogen (secondary N) is 2. The molecule has 0 spiro atoms. The smallest absolute Gasteiger partial charge is 0.254 e. The first-order valence-electron chi connectivity index (χ1n) is 10.7. The van der Waals surface area contributed by atoms with Crippen molar-refractivity contribution in [3.05, 3.63) is 40.8 Å². The summed E-state index contributed by atoms with van der Waals surface area (Å²) < 4.78 is 40.2. The number of carbonyl (C=O) groups is 2. The van der Waals surface area contributed by atoms with Gasteiger partial charge in [-0.25, -0.2) is 18.2 Å². The molecular formula is C22H25F3N6O2. The number of rotatable bonds is 4. The SMILES string of the molecule is Cc1nc(N[C@@H]2CCN(C(=O)c3cc(F)c(F)c(F)c3)C2)nc2c1NC(=O)C(C(C)C)N2C. The molecule has 2 amide bonds. The second-order valence-corrected chi connectivity index (χ2v) is 8.76. The van der Waals surface area contributed by atoms with E-state index in [4.69, 9.17) is 0 Å². The van der Waals surface area contributed by atoms with Gasteiger partial charge in [-0.2, -0.15) is 4.98 Å². The molecule has 0 aliphatic carbocycles. The summed E-state index contributed by atoms with van der Waals surface area (Å²) in [6.45, 7) is 6.31. The Morgan fingerprint density at radius 1 is 1.21 bits per heavy atom. The van der Waals surface area contributed by atoms with Crippen LogP contribution in [0.4, 0.5) is 30.6 Å². The second-order valence-electron chi connectivity index (χ2n) is 8.76. The van der Waals surface area contributed by atoms with Crippen LogP contribution in [0.15, 0.2) is 12.1 Å². The number of anilines is 3. The van der Waals surface area contributed by atoms with Crippen molar-refractivity contribution in [2.45, 2.75) is 39.3 Å². The lowest BCUT2D eigenvalue weighted by atomic mass is 9.99. The maximum absolute atomic E-state index is 13.5. The van der Waals surface area contributed by atoms with Crippen molar-refractivity contribution >= 4 is 29.3 Å². The minimum absolute atomic E-state index is 0.0744. The molecule has 0 radical (unpaired) electrons. The molecule has 1 aromatic heterocycles. The molecule has 8 nitrogen and oxygen atoms in total. The van der Waals surface area contributed by atoms with Gasteiger partial charge in [0.2, 0.25) is 11.9 Å². The molecule has 0 saturated carbocycles. The van der Waals surface area contributed by atoms with Crippen molar-refractivity contribution in [1.82, 2.24) is 14.9 Å². The predicted octanol–water partition coefficient (Wildman–Crippen LogP) is 2.94. The lowest BCUT2D eigenvalue weighted by Crippen LogP contribution is -2.49. The van der Waals surface area contributed by atoms with Gasteiger partial charge in [-0.3, -0.25) is 9.59 Å². The monoisotopic (exact) mass is 462 g/mol. The number of likely N-dealkylation sites (N-methyl/N-ethyl adjacent to an activating group) is 1. The van der Waals surface area contributed by atoms with Crippen LogP contribution in [0.3, 0.4) is 0 Å². The molecule has 3 heterocycles. The van der Waals surface area contributed by atoms with E-state index in [0.717, 1.165) is 0 Å². The average molecular weight is 462 g/mol. The molecule has 2 aliphatic rings. The molecule has 0 bridgehead atoms. The molecule has 176 valence electrons. The summed E-state index contributed by atoms with van der Waals surface area (Å²) in [6, 6.07) is 0.848. The van der Waals surface area contributed by atoms with Gasteiger partial charge in [-0.15, -0.1) is 0 Å². The van der Waals surface area contributed by atoms with Gasteiger partial charge < -0.3 is 20.4 Å². The molecule has 1 fully saturated rings. The first-order valence-corrected chi connectivity index (χ1v) is 10.7. The number of aryl methyl sites for hydroxylation is 1. The van der Waals surface area contributed by atoms with E-state index in [1.54, 1.807) is 6.92 Å². The Balaban J connectivity index is 1.49. The van der Waals surface area contributed by atoms with Crippen LogP contribution in [0.25, 0.3) is 0 Å². The fourth-order valence-corrected chi connectivity index (χ4v) is 4.39. The van der Waals surface area contributed by atoms with E-state index in [9.17, 15) is 22.8 Å². The van der Waals surface area contributed by atoms with E-state index >= 15 is 0 Å². The molecular weight excluding hydrogens is 437 g/mol. The molecule has 4 rings (SSSR count). The second kappa shape index (κ2) is 8.53. The lowest BCUT2D eigenvalue weighted by Gasteiger charge is -2.37. The van der Waals surface area contributed by atoms with E-state index in [0.29, 0.717) is 48.2 Å². The Labute approximate surface area is 189 Å². The minimum atomic E-state index is -1.60. The Hall–Kier alpha value is -3.37. The zero-order chi connectivity index (χ0) is 24.0. The van der Waals surface area contributed by atoms with Gasteiger partial charge in [-0.1, -0.05) is 13.8 Å². The minimum Gasteiger partial charge on any atom is -0.350 e. The van der Waals surface area contributed by atoms with Crippen LogP contribution in [-0.4, -0.2) is 58.9 Å². The summed E-state index contributed by atoms with van der Waals surface area (Å²) in [5.41, 5.74) is 0.923. The van der Waals surface area contributed by atoms with E-state index in [2.05, 4.69) is 20.6 Å². The standard InChI is InChI=1S/C22H25F3N6O2/c1-10(2)18-20(32)28-17-11(3)26-22(29-19(17)30(18)4)27-13-5-6-31(9-13)21(33)12-7-14(23)16(25)15(24)8-12/h7-8,10,13,18H,5-6,9H2,1-4H3,(H,28,32)(H,26,27,29)/t13-,18?/m1/s1. The highest BCUT2D eigenvalue weighted by molar-refractivity contribution is 6.03. The third-order valence-corrected chi connectivity index (χ3v) is 6.01. The molecule has 2 N–H and O–H groups in total. The third kappa shape index (κ3) is 4.19. The fourth-order valence-electron chi connectivity index (χ4n) is 4.39. The number of carbonyl (C=O) groups excluding carboxylic acids is 2. The van der Waals surface area contributed by atoms with Crippen LogP contribution in [0, 0.1) is 30.3 Å². The Bertz CT molecular complexity index is 1100. The summed E-state index contributed by atoms with van der Waals surface area (Å²) >= 11 is 0. The van der Waals surface area contributed by atoms with Crippen LogP contribution < -0.4 is 15.5 Å². The van der Waals surface area contributed by atoms with Gasteiger partial charge in [0.1, 0.15) is 11.7 Å². The van der Waals surface area contributed by atoms with E-state index in [1.165, 1.54) is 4.90 Å². The molecule has 33 heavy (non-hydrogen) atoms. The summed E-state index contributed by atoms with van der Waals surface area (Å²) in [5.74, 6) is -4.06. The number of likely N-dealkylation sites (tertiary alicyclic amines) is 1. The van der Waals surface area contributed by atoms with Gasteiger partial charge in [0, 0.05) is 31.7 Å². The van der Waals surface area contributed by atoms with E-state index < -0.39 is 23.4 Å². The molecule has 2 aliphatic heterocycles. The quantitative estimate of drug-likeness (QED) is 0.679. The molecule has 11 heteroatoms. The van der Waals surface area contributed by atoms with Gasteiger partial charge in [-0.05, 0) is 31.4 Å². The molecule has 1 aromatic carbocycles. The average Bonchev–Trinajstić information content (AvgIpc) is 3.20. The Kier molecular flexibility index (Phi) is 5.89. The van der Waals surface area contributed by atoms with Gasteiger partial charge in [0.15, 0.2) is 23.3 Å². The summed E-state index contributed by atoms with van der Waals surface area (Å²) in [5, 5.41) is 6.10. The number of hydrogen-bond acceptors (Lipinski definition) is 6. The number of hydrogen-bond donors (Lipinski definition) is 2. The largest absolute Gasteiger partial charge is 0.350 e. The fraction of sp³-hybridized carbons (Fsp3) is 0.455. The van der Waals surface area contributed by atoms with Gasteiger partial charge in [0.05, 0.1) is 5.69 Å². The topological polar surface area (TPSA) is 90.5 Å². The molecule has 2 atom stereocenters. The highest BCUT2D eigenvalue weighted by Crippen LogP contribution is 2.34. The van der Waals surface area contributed by atoms with Gasteiger partial charge in [0.25, 0.3) is 5.91 Å². The van der Waals surface area contributed by atoms with Crippen LogP contribution in [0.1, 0.15) is 36.3 Å². The number of fused-ring (bicyclic) bond motifs is 1. The highest BCUT2D eigenvalue weighted by Gasteiger charge is 2.36. The van der Waals surface area contributed by atoms with Crippen LogP contribution >= 0.6 is 0 Å². The number of halogens is 3. The van der Waals surface area contributed by atoms with Crippen LogP contribution in [0.5, 0.6) is 0 Å². The lowest BCUT2D eigenvalue weighted by molar-refractivity contribution is -0.118. The molecule has 2 aromatic rings. The molecule has 1 unspecified atom stereocenters. The van der Waals surface area contributed by atoms with Crippen LogP contribution in [0.2, 0.25) is 0 Å². The van der Waals surface area contributed by atoms with Crippen molar-refractivity contribution in [1.29, 1.82) is 0 Å². The summed E-state index contributed by atoms with van der Waals surface area (Å²) in [6.07, 6.45) is 0.568. The number of aromatic nitrogens is 2. The first kappa shape index (κ1) is 22.8. The van der Waals surface area contributed by atoms with Crippen molar-refractivity contribution in [2.75, 3.05) is 35.7 Å². The zero-order valence-electron chi connectivity index (χ0n) is 18.7. The number of nitrogens with zero attached hydrogens (tertiary/aromatic N) is 4. The molecule has 1 saturated heterocycles. The Morgan fingerprint density at radius 3 is 2.52 bits per heavy atom. The van der Waals surface area contributed by atoms with Crippen molar-refractivity contribution in [2.24, 2.45) is 5.92 Å². The predicted molar refractivity (Wildman–Crippen MR) is 117 cm³/mol. The van der Waals surface area contributed by atoms with Crippen molar-refractivity contribution in [3.8, 4) is 0 Å². The normalized spacial score (nSPS) is 20.2. The highest BCUT2D eigenvalue weighted by atomic mass is 19.2. The van der Waals surface area contributed by atoms with E-state index in [-0.39, 0.29) is 36.0 Å². The Morgan fingerprint density at radius 2 is 1.88 bits per heavy atom. The van der Waals surface area contributed by atoms with E-state index in [1.807, 2.05) is 25.8 Å². The van der Waals surface area contributed by atoms with Crippen molar-refractivity contribution in [3.63, 3.8) is 0 Å². The summed E-state index contributed by atoms with van der Waals surface area (Å²) in [4.78, 5) is 37.4. The number of amides is 2. The number of benzene rings is 1. The van der Waals surface area contributed by atoms with Crippen molar-refractivity contribution < 1.29 is 22.8 Å².